The molecule has 2 rings (SSSR count). The zero-order valence-corrected chi connectivity index (χ0v) is 13.8. The Morgan fingerprint density at radius 2 is 1.90 bits per heavy atom. The first-order chi connectivity index (χ1) is 9.89. The van der Waals surface area contributed by atoms with Gasteiger partial charge in [0.15, 0.2) is 5.75 Å². The Balaban J connectivity index is 2.33. The summed E-state index contributed by atoms with van der Waals surface area (Å²) in [7, 11) is 3.30. The van der Waals surface area contributed by atoms with Gasteiger partial charge in [0.25, 0.3) is 0 Å². The SMILES string of the molecule is CCn1ncc(OC)c1C(O)C1(OC)CCC(C)(C)CC1. The smallest absolute Gasteiger partial charge is 0.162 e. The fraction of sp³-hybridized carbons (Fsp3) is 0.812. The molecule has 0 amide bonds. The monoisotopic (exact) mass is 296 g/mol. The minimum atomic E-state index is -0.726. The molecule has 0 aliphatic heterocycles. The molecule has 1 unspecified atom stereocenters. The molecule has 1 N–H and O–H groups in total. The molecule has 0 saturated heterocycles. The van der Waals surface area contributed by atoms with Crippen molar-refractivity contribution < 1.29 is 14.6 Å². The third kappa shape index (κ3) is 2.94. The van der Waals surface area contributed by atoms with Gasteiger partial charge in [-0.3, -0.25) is 4.68 Å². The van der Waals surface area contributed by atoms with Crippen LogP contribution in [0.25, 0.3) is 0 Å². The van der Waals surface area contributed by atoms with Gasteiger partial charge in [-0.05, 0) is 38.0 Å². The van der Waals surface area contributed by atoms with E-state index in [1.165, 1.54) is 0 Å². The van der Waals surface area contributed by atoms with Crippen LogP contribution in [-0.4, -0.2) is 34.7 Å². The highest BCUT2D eigenvalue weighted by Gasteiger charge is 2.46. The van der Waals surface area contributed by atoms with Crippen molar-refractivity contribution in [3.63, 3.8) is 0 Å². The maximum absolute atomic E-state index is 11.0. The number of ether oxygens (including phenoxy) is 2. The van der Waals surface area contributed by atoms with Crippen LogP contribution in [0.2, 0.25) is 0 Å². The molecule has 1 fully saturated rings. The van der Waals surface area contributed by atoms with Gasteiger partial charge in [0.05, 0.1) is 18.9 Å². The summed E-state index contributed by atoms with van der Waals surface area (Å²) >= 11 is 0. The van der Waals surface area contributed by atoms with E-state index in [-0.39, 0.29) is 0 Å². The van der Waals surface area contributed by atoms with Crippen molar-refractivity contribution in [3.8, 4) is 5.75 Å². The molecule has 0 spiro atoms. The molecule has 1 aromatic heterocycles. The number of hydrogen-bond acceptors (Lipinski definition) is 4. The number of aryl methyl sites for hydroxylation is 1. The summed E-state index contributed by atoms with van der Waals surface area (Å²) in [6.07, 6.45) is 4.71. The Labute approximate surface area is 127 Å². The molecular formula is C16H28N2O3. The summed E-state index contributed by atoms with van der Waals surface area (Å²) < 4.78 is 13.0. The topological polar surface area (TPSA) is 56.5 Å². The lowest BCUT2D eigenvalue weighted by molar-refractivity contribution is -0.141. The Kier molecular flexibility index (Phi) is 4.63. The van der Waals surface area contributed by atoms with E-state index in [2.05, 4.69) is 18.9 Å². The van der Waals surface area contributed by atoms with Crippen molar-refractivity contribution in [1.29, 1.82) is 0 Å². The Bertz CT molecular complexity index is 450. The first-order valence-electron chi connectivity index (χ1n) is 7.72. The summed E-state index contributed by atoms with van der Waals surface area (Å²) in [4.78, 5) is 0. The summed E-state index contributed by atoms with van der Waals surface area (Å²) in [6.45, 7) is 7.25. The van der Waals surface area contributed by atoms with E-state index in [0.717, 1.165) is 31.4 Å². The van der Waals surface area contributed by atoms with Gasteiger partial charge in [0.2, 0.25) is 0 Å². The van der Waals surface area contributed by atoms with Crippen molar-refractivity contribution in [2.24, 2.45) is 5.41 Å². The van der Waals surface area contributed by atoms with E-state index in [4.69, 9.17) is 9.47 Å². The normalized spacial score (nSPS) is 22.0. The maximum Gasteiger partial charge on any atom is 0.162 e. The van der Waals surface area contributed by atoms with Crippen LogP contribution in [0.5, 0.6) is 5.75 Å². The molecule has 1 heterocycles. The quantitative estimate of drug-likeness (QED) is 0.907. The second kappa shape index (κ2) is 5.97. The highest BCUT2D eigenvalue weighted by Crippen LogP contribution is 2.48. The Morgan fingerprint density at radius 1 is 1.29 bits per heavy atom. The summed E-state index contributed by atoms with van der Waals surface area (Å²) in [6, 6.07) is 0. The zero-order valence-electron chi connectivity index (χ0n) is 13.8. The first kappa shape index (κ1) is 16.3. The summed E-state index contributed by atoms with van der Waals surface area (Å²) in [5.41, 5.74) is 0.494. The molecule has 1 aliphatic carbocycles. The summed E-state index contributed by atoms with van der Waals surface area (Å²) in [5.74, 6) is 0.630. The van der Waals surface area contributed by atoms with Crippen molar-refractivity contribution in [2.75, 3.05) is 14.2 Å². The molecule has 1 aliphatic rings. The lowest BCUT2D eigenvalue weighted by atomic mass is 9.68. The first-order valence-corrected chi connectivity index (χ1v) is 7.72. The van der Waals surface area contributed by atoms with Gasteiger partial charge in [-0.2, -0.15) is 5.10 Å². The van der Waals surface area contributed by atoms with Gasteiger partial charge in [0, 0.05) is 13.7 Å². The van der Waals surface area contributed by atoms with Crippen LogP contribution in [0, 0.1) is 5.41 Å². The van der Waals surface area contributed by atoms with E-state index in [1.807, 2.05) is 6.92 Å². The molecule has 1 aromatic rings. The number of aliphatic hydroxyl groups is 1. The van der Waals surface area contributed by atoms with E-state index in [1.54, 1.807) is 25.1 Å². The van der Waals surface area contributed by atoms with Crippen molar-refractivity contribution in [3.05, 3.63) is 11.9 Å². The van der Waals surface area contributed by atoms with Gasteiger partial charge in [-0.1, -0.05) is 13.8 Å². The molecule has 0 radical (unpaired) electrons. The number of methoxy groups -OCH3 is 2. The van der Waals surface area contributed by atoms with E-state index in [0.29, 0.717) is 17.7 Å². The minimum Gasteiger partial charge on any atom is -0.493 e. The van der Waals surface area contributed by atoms with E-state index >= 15 is 0 Å². The highest BCUT2D eigenvalue weighted by atomic mass is 16.5. The number of aromatic nitrogens is 2. The molecule has 1 saturated carbocycles. The highest BCUT2D eigenvalue weighted by molar-refractivity contribution is 5.29. The van der Waals surface area contributed by atoms with Gasteiger partial charge < -0.3 is 14.6 Å². The van der Waals surface area contributed by atoms with Crippen LogP contribution < -0.4 is 4.74 Å². The molecule has 1 atom stereocenters. The fourth-order valence-corrected chi connectivity index (χ4v) is 3.25. The predicted octanol–water partition coefficient (Wildman–Crippen LogP) is 2.93. The van der Waals surface area contributed by atoms with Crippen LogP contribution in [0.15, 0.2) is 6.20 Å². The zero-order chi connectivity index (χ0) is 15.7. The van der Waals surface area contributed by atoms with Crippen LogP contribution in [-0.2, 0) is 11.3 Å². The lowest BCUT2D eigenvalue weighted by Gasteiger charge is -2.45. The number of aliphatic hydroxyl groups excluding tert-OH is 1. The van der Waals surface area contributed by atoms with Crippen LogP contribution in [0.1, 0.15) is 58.3 Å². The van der Waals surface area contributed by atoms with Crippen molar-refractivity contribution in [1.82, 2.24) is 9.78 Å². The van der Waals surface area contributed by atoms with Crippen LogP contribution in [0.4, 0.5) is 0 Å². The largest absolute Gasteiger partial charge is 0.493 e. The third-order valence-electron chi connectivity index (χ3n) is 4.98. The third-order valence-corrected chi connectivity index (χ3v) is 4.98. The maximum atomic E-state index is 11.0. The fourth-order valence-electron chi connectivity index (χ4n) is 3.25. The molecule has 120 valence electrons. The number of rotatable bonds is 5. The second-order valence-corrected chi connectivity index (χ2v) is 6.75. The van der Waals surface area contributed by atoms with Crippen molar-refractivity contribution >= 4 is 0 Å². The average molecular weight is 296 g/mol. The Hall–Kier alpha value is -1.07. The van der Waals surface area contributed by atoms with E-state index in [9.17, 15) is 5.11 Å². The number of hydrogen-bond donors (Lipinski definition) is 1. The van der Waals surface area contributed by atoms with Gasteiger partial charge in [-0.25, -0.2) is 0 Å². The molecule has 5 nitrogen and oxygen atoms in total. The van der Waals surface area contributed by atoms with Crippen LogP contribution >= 0.6 is 0 Å². The van der Waals surface area contributed by atoms with Crippen molar-refractivity contribution in [2.45, 2.75) is 64.7 Å². The predicted molar refractivity (Wildman–Crippen MR) is 81.4 cm³/mol. The Morgan fingerprint density at radius 3 is 2.38 bits per heavy atom. The van der Waals surface area contributed by atoms with E-state index < -0.39 is 11.7 Å². The minimum absolute atomic E-state index is 0.316. The molecule has 0 aromatic carbocycles. The van der Waals surface area contributed by atoms with Gasteiger partial charge >= 0.3 is 0 Å². The second-order valence-electron chi connectivity index (χ2n) is 6.75. The van der Waals surface area contributed by atoms with Gasteiger partial charge in [-0.15, -0.1) is 0 Å². The molecule has 5 heteroatoms. The standard InChI is InChI=1S/C16H28N2O3/c1-6-18-13(12(20-4)11-17-18)14(19)16(21-5)9-7-15(2,3)8-10-16/h11,14,19H,6-10H2,1-5H3. The molecular weight excluding hydrogens is 268 g/mol. The molecule has 21 heavy (non-hydrogen) atoms. The van der Waals surface area contributed by atoms with Gasteiger partial charge in [0.1, 0.15) is 11.8 Å². The average Bonchev–Trinajstić information content (AvgIpc) is 2.90. The lowest BCUT2D eigenvalue weighted by Crippen LogP contribution is -2.44. The number of nitrogens with zero attached hydrogens (tertiary/aromatic N) is 2. The summed E-state index contributed by atoms with van der Waals surface area (Å²) in [5, 5.41) is 15.3. The molecule has 0 bridgehead atoms. The van der Waals surface area contributed by atoms with Crippen LogP contribution in [0.3, 0.4) is 0 Å².